The zero-order valence-corrected chi connectivity index (χ0v) is 25.8. The second kappa shape index (κ2) is 14.2. The van der Waals surface area contributed by atoms with Gasteiger partial charge >= 0.3 is 0 Å². The Morgan fingerprint density at radius 1 is 0.705 bits per heavy atom. The Balaban J connectivity index is 1.13. The molecule has 1 N–H and O–H groups in total. The van der Waals surface area contributed by atoms with Crippen molar-refractivity contribution in [3.8, 4) is 22.5 Å². The van der Waals surface area contributed by atoms with Gasteiger partial charge in [-0.05, 0) is 64.4 Å². The lowest BCUT2D eigenvalue weighted by Gasteiger charge is -2.23. The fraction of sp³-hybridized carbons (Fsp3) is 0.270. The van der Waals surface area contributed by atoms with Crippen LogP contribution >= 0.6 is 0 Å². The summed E-state index contributed by atoms with van der Waals surface area (Å²) >= 11 is 0. The molecule has 44 heavy (non-hydrogen) atoms. The monoisotopic (exact) mass is 605 g/mol. The average Bonchev–Trinajstić information content (AvgIpc) is 3.61. The predicted molar refractivity (Wildman–Crippen MR) is 176 cm³/mol. The molecule has 0 saturated heterocycles. The van der Waals surface area contributed by atoms with Crippen molar-refractivity contribution in [3.05, 3.63) is 138 Å². The molecule has 5 aromatic rings. The second-order valence-electron chi connectivity index (χ2n) is 11.7. The van der Waals surface area contributed by atoms with E-state index in [1.165, 1.54) is 37.7 Å². The Labute approximate surface area is 260 Å². The molecule has 3 aromatic carbocycles. The Bertz CT molecular complexity index is 1700. The number of hydrogen-bond donors (Lipinski definition) is 1. The van der Waals surface area contributed by atoms with Crippen molar-refractivity contribution in [2.24, 2.45) is 0 Å². The maximum absolute atomic E-state index is 13.8. The summed E-state index contributed by atoms with van der Waals surface area (Å²) in [4.78, 5) is 4.20. The van der Waals surface area contributed by atoms with Gasteiger partial charge in [-0.1, -0.05) is 98.1 Å². The second-order valence-corrected chi connectivity index (χ2v) is 13.6. The van der Waals surface area contributed by atoms with E-state index in [0.717, 1.165) is 45.7 Å². The van der Waals surface area contributed by atoms with Gasteiger partial charge in [0.1, 0.15) is 5.76 Å². The molecule has 0 atom stereocenters. The van der Waals surface area contributed by atoms with Crippen molar-refractivity contribution in [2.75, 3.05) is 0 Å². The minimum absolute atomic E-state index is 0.0915. The topological polar surface area (TPSA) is 75.4 Å². The van der Waals surface area contributed by atoms with Crippen LogP contribution in [0.1, 0.15) is 54.4 Å². The molecule has 6 rings (SSSR count). The Morgan fingerprint density at radius 2 is 1.34 bits per heavy atom. The van der Waals surface area contributed by atoms with Gasteiger partial charge in [-0.25, -0.2) is 8.42 Å². The van der Waals surface area contributed by atoms with E-state index >= 15 is 0 Å². The van der Waals surface area contributed by atoms with Gasteiger partial charge < -0.3 is 9.73 Å². The van der Waals surface area contributed by atoms with E-state index in [1.54, 1.807) is 23.0 Å². The molecule has 0 amide bonds. The van der Waals surface area contributed by atoms with Gasteiger partial charge in [0.25, 0.3) is 0 Å². The molecule has 1 aliphatic rings. The van der Waals surface area contributed by atoms with Crippen LogP contribution in [0.3, 0.4) is 0 Å². The van der Waals surface area contributed by atoms with Crippen LogP contribution in [-0.4, -0.2) is 23.7 Å². The van der Waals surface area contributed by atoms with Crippen LogP contribution < -0.4 is 5.32 Å². The summed E-state index contributed by atoms with van der Waals surface area (Å²) in [6.45, 7) is 1.42. The van der Waals surface area contributed by atoms with E-state index in [1.807, 2.05) is 60.7 Å². The average molecular weight is 606 g/mol. The van der Waals surface area contributed by atoms with Gasteiger partial charge in [-0.3, -0.25) is 4.98 Å². The van der Waals surface area contributed by atoms with Crippen LogP contribution in [0.25, 0.3) is 22.5 Å². The highest BCUT2D eigenvalue weighted by atomic mass is 32.2. The summed E-state index contributed by atoms with van der Waals surface area (Å²) in [7, 11) is -3.64. The Morgan fingerprint density at radius 3 is 1.98 bits per heavy atom. The first-order valence-corrected chi connectivity index (χ1v) is 17.0. The van der Waals surface area contributed by atoms with Crippen molar-refractivity contribution in [3.63, 3.8) is 0 Å². The summed E-state index contributed by atoms with van der Waals surface area (Å²) in [5, 5.41) is 3.71. The minimum atomic E-state index is -3.64. The summed E-state index contributed by atoms with van der Waals surface area (Å²) in [5.74, 6) is 0.662. The number of furan rings is 1. The third-order valence-electron chi connectivity index (χ3n) is 8.38. The largest absolute Gasteiger partial charge is 0.464 e. The number of nitrogens with one attached hydrogen (secondary N) is 1. The highest BCUT2D eigenvalue weighted by Crippen LogP contribution is 2.25. The molecule has 2 heterocycles. The standard InChI is InChI=1S/C37H39N3O3S/c41-44(42,28-31-14-20-35(21-15-31)37-9-5-23-43-37)40(27-32-6-4-22-38-24-32)26-30-12-18-34(19-13-30)33-16-10-29(11-17-33)25-39-36-7-2-1-3-8-36/h4-6,9-24,36,39H,1-3,7-8,25-28H2. The van der Waals surface area contributed by atoms with Gasteiger partial charge in [0.15, 0.2) is 0 Å². The molecular formula is C37H39N3O3S. The minimum Gasteiger partial charge on any atom is -0.464 e. The van der Waals surface area contributed by atoms with E-state index < -0.39 is 10.0 Å². The van der Waals surface area contributed by atoms with Crippen molar-refractivity contribution < 1.29 is 12.8 Å². The summed E-state index contributed by atoms with van der Waals surface area (Å²) in [6.07, 6.45) is 11.6. The van der Waals surface area contributed by atoms with E-state index in [-0.39, 0.29) is 18.8 Å². The molecule has 0 unspecified atom stereocenters. The van der Waals surface area contributed by atoms with Crippen molar-refractivity contribution in [1.82, 2.24) is 14.6 Å². The van der Waals surface area contributed by atoms with E-state index in [4.69, 9.17) is 4.42 Å². The summed E-state index contributed by atoms with van der Waals surface area (Å²) < 4.78 is 34.6. The Kier molecular flexibility index (Phi) is 9.66. The number of hydrogen-bond acceptors (Lipinski definition) is 5. The van der Waals surface area contributed by atoms with Crippen LogP contribution in [0, 0.1) is 0 Å². The number of pyridine rings is 1. The zero-order valence-electron chi connectivity index (χ0n) is 24.9. The highest BCUT2D eigenvalue weighted by Gasteiger charge is 2.24. The molecule has 7 heteroatoms. The molecule has 1 aliphatic carbocycles. The molecule has 226 valence electrons. The number of rotatable bonds is 12. The molecule has 2 aromatic heterocycles. The zero-order chi connectivity index (χ0) is 30.2. The predicted octanol–water partition coefficient (Wildman–Crippen LogP) is 7.96. The maximum Gasteiger partial charge on any atom is 0.218 e. The first-order chi connectivity index (χ1) is 21.5. The normalized spacial score (nSPS) is 14.2. The van der Waals surface area contributed by atoms with E-state index in [0.29, 0.717) is 6.04 Å². The molecule has 6 nitrogen and oxygen atoms in total. The fourth-order valence-corrected chi connectivity index (χ4v) is 7.34. The lowest BCUT2D eigenvalue weighted by Crippen LogP contribution is -2.31. The molecule has 1 fully saturated rings. The number of sulfonamides is 1. The third-order valence-corrected chi connectivity index (χ3v) is 10.1. The number of aromatic nitrogens is 1. The lowest BCUT2D eigenvalue weighted by atomic mass is 9.95. The molecule has 1 saturated carbocycles. The first-order valence-electron chi connectivity index (χ1n) is 15.4. The molecular weight excluding hydrogens is 566 g/mol. The molecule has 0 bridgehead atoms. The molecule has 0 spiro atoms. The maximum atomic E-state index is 13.8. The smallest absolute Gasteiger partial charge is 0.218 e. The number of benzene rings is 3. The quantitative estimate of drug-likeness (QED) is 0.156. The van der Waals surface area contributed by atoms with E-state index in [9.17, 15) is 8.42 Å². The van der Waals surface area contributed by atoms with E-state index in [2.05, 4.69) is 46.7 Å². The van der Waals surface area contributed by atoms with Crippen LogP contribution in [0.4, 0.5) is 0 Å². The molecule has 0 aliphatic heterocycles. The van der Waals surface area contributed by atoms with Gasteiger partial charge in [0, 0.05) is 43.6 Å². The van der Waals surface area contributed by atoms with Crippen molar-refractivity contribution in [2.45, 2.75) is 63.5 Å². The van der Waals surface area contributed by atoms with Crippen molar-refractivity contribution in [1.29, 1.82) is 0 Å². The van der Waals surface area contributed by atoms with Crippen LogP contribution in [0.5, 0.6) is 0 Å². The Hall–Kier alpha value is -4.04. The van der Waals surface area contributed by atoms with Gasteiger partial charge in [0.2, 0.25) is 10.0 Å². The first kappa shape index (κ1) is 30.0. The molecule has 0 radical (unpaired) electrons. The lowest BCUT2D eigenvalue weighted by molar-refractivity contribution is 0.372. The van der Waals surface area contributed by atoms with Gasteiger partial charge in [-0.2, -0.15) is 4.31 Å². The van der Waals surface area contributed by atoms with Crippen LogP contribution in [0.15, 0.2) is 120 Å². The summed E-state index contributed by atoms with van der Waals surface area (Å²) in [6, 6.07) is 32.5. The fourth-order valence-electron chi connectivity index (χ4n) is 5.85. The van der Waals surface area contributed by atoms with Crippen LogP contribution in [-0.2, 0) is 35.4 Å². The number of nitrogens with zero attached hydrogens (tertiary/aromatic N) is 2. The van der Waals surface area contributed by atoms with Crippen LogP contribution in [0.2, 0.25) is 0 Å². The highest BCUT2D eigenvalue weighted by molar-refractivity contribution is 7.88. The summed E-state index contributed by atoms with van der Waals surface area (Å²) in [5.41, 5.74) is 6.97. The SMILES string of the molecule is O=S(=O)(Cc1ccc(-c2ccco2)cc1)N(Cc1ccc(-c2ccc(CNC3CCCCC3)cc2)cc1)Cc1cccnc1. The van der Waals surface area contributed by atoms with Crippen molar-refractivity contribution >= 4 is 10.0 Å². The van der Waals surface area contributed by atoms with Gasteiger partial charge in [-0.15, -0.1) is 0 Å². The van der Waals surface area contributed by atoms with Gasteiger partial charge in [0.05, 0.1) is 12.0 Å². The third kappa shape index (κ3) is 7.91.